The number of halogens is 3. The number of hydrogen-bond donors (Lipinski definition) is 3. The van der Waals surface area contributed by atoms with E-state index in [-0.39, 0.29) is 16.9 Å². The molecule has 0 fully saturated rings. The topological polar surface area (TPSA) is 81.8 Å². The molecule has 3 rings (SSSR count). The summed E-state index contributed by atoms with van der Waals surface area (Å²) in [7, 11) is 0. The van der Waals surface area contributed by atoms with E-state index < -0.39 is 17.7 Å². The molecule has 0 unspecified atom stereocenters. The molecule has 1 aromatic carbocycles. The highest BCUT2D eigenvalue weighted by Gasteiger charge is 2.33. The smallest absolute Gasteiger partial charge is 0.418 e. The number of alkyl halides is 3. The largest absolute Gasteiger partial charge is 0.477 e. The molecule has 0 aliphatic carbocycles. The SMILES string of the molecule is O=C(O)c1cc(-c2c[nH]c3c(C(F)(F)F)cccc23)n[nH]1. The summed E-state index contributed by atoms with van der Waals surface area (Å²) >= 11 is 0. The Morgan fingerprint density at radius 3 is 2.67 bits per heavy atom. The summed E-state index contributed by atoms with van der Waals surface area (Å²) < 4.78 is 38.8. The molecule has 21 heavy (non-hydrogen) atoms. The van der Waals surface area contributed by atoms with Crippen molar-refractivity contribution in [3.8, 4) is 11.3 Å². The first-order valence-corrected chi connectivity index (χ1v) is 5.84. The lowest BCUT2D eigenvalue weighted by molar-refractivity contribution is -0.136. The predicted molar refractivity (Wildman–Crippen MR) is 67.8 cm³/mol. The van der Waals surface area contributed by atoms with E-state index >= 15 is 0 Å². The normalized spacial score (nSPS) is 12.0. The fourth-order valence-electron chi connectivity index (χ4n) is 2.17. The average molecular weight is 295 g/mol. The van der Waals surface area contributed by atoms with Gasteiger partial charge in [-0.1, -0.05) is 12.1 Å². The minimum absolute atomic E-state index is 0.0557. The predicted octanol–water partition coefficient (Wildman–Crippen LogP) is 3.28. The molecule has 0 radical (unpaired) electrons. The minimum atomic E-state index is -4.47. The van der Waals surface area contributed by atoms with Crippen LogP contribution in [0.4, 0.5) is 13.2 Å². The number of aromatic carboxylic acids is 1. The van der Waals surface area contributed by atoms with Crippen LogP contribution in [0.15, 0.2) is 30.5 Å². The van der Waals surface area contributed by atoms with Crippen molar-refractivity contribution < 1.29 is 23.1 Å². The van der Waals surface area contributed by atoms with Crippen LogP contribution in [0, 0.1) is 0 Å². The van der Waals surface area contributed by atoms with Gasteiger partial charge in [0.25, 0.3) is 0 Å². The van der Waals surface area contributed by atoms with E-state index in [0.29, 0.717) is 10.9 Å². The third-order valence-electron chi connectivity index (χ3n) is 3.11. The number of para-hydroxylation sites is 1. The van der Waals surface area contributed by atoms with E-state index in [0.717, 1.165) is 6.07 Å². The van der Waals surface area contributed by atoms with Gasteiger partial charge in [0.1, 0.15) is 5.69 Å². The highest BCUT2D eigenvalue weighted by molar-refractivity contribution is 5.97. The first-order chi connectivity index (χ1) is 9.88. The first kappa shape index (κ1) is 13.2. The third kappa shape index (κ3) is 2.14. The van der Waals surface area contributed by atoms with Crippen molar-refractivity contribution in [1.29, 1.82) is 0 Å². The molecule has 3 aromatic rings. The molecule has 5 nitrogen and oxygen atoms in total. The molecule has 0 spiro atoms. The van der Waals surface area contributed by atoms with Gasteiger partial charge >= 0.3 is 12.1 Å². The number of nitrogens with zero attached hydrogens (tertiary/aromatic N) is 1. The summed E-state index contributed by atoms with van der Waals surface area (Å²) in [5.74, 6) is -1.19. The molecule has 0 aliphatic heterocycles. The van der Waals surface area contributed by atoms with Crippen LogP contribution in [0.3, 0.4) is 0 Å². The quantitative estimate of drug-likeness (QED) is 0.678. The number of benzene rings is 1. The summed E-state index contributed by atoms with van der Waals surface area (Å²) in [5.41, 5.74) is -0.302. The molecule has 0 amide bonds. The number of aromatic amines is 2. The first-order valence-electron chi connectivity index (χ1n) is 5.84. The number of hydrogen-bond acceptors (Lipinski definition) is 2. The van der Waals surface area contributed by atoms with Crippen LogP contribution >= 0.6 is 0 Å². The molecule has 3 N–H and O–H groups in total. The number of rotatable bonds is 2. The van der Waals surface area contributed by atoms with Gasteiger partial charge in [-0.15, -0.1) is 0 Å². The lowest BCUT2D eigenvalue weighted by Crippen LogP contribution is -2.05. The van der Waals surface area contributed by atoms with Crippen LogP contribution in [0.5, 0.6) is 0 Å². The molecule has 8 heteroatoms. The van der Waals surface area contributed by atoms with Gasteiger partial charge in [0, 0.05) is 17.1 Å². The molecular weight excluding hydrogens is 287 g/mol. The van der Waals surface area contributed by atoms with E-state index in [1.807, 2.05) is 0 Å². The van der Waals surface area contributed by atoms with E-state index in [1.54, 1.807) is 0 Å². The van der Waals surface area contributed by atoms with E-state index in [1.165, 1.54) is 24.4 Å². The molecule has 0 bridgehead atoms. The standard InChI is InChI=1S/C13H8F3N3O2/c14-13(15,16)8-3-1-2-6-7(5-17-11(6)8)9-4-10(12(20)21)19-18-9/h1-5,17H,(H,18,19)(H,20,21). The molecule has 0 saturated heterocycles. The lowest BCUT2D eigenvalue weighted by atomic mass is 10.1. The Labute approximate surface area is 115 Å². The Balaban J connectivity index is 2.19. The fourth-order valence-corrected chi connectivity index (χ4v) is 2.17. The zero-order valence-corrected chi connectivity index (χ0v) is 10.3. The van der Waals surface area contributed by atoms with Crippen molar-refractivity contribution in [3.05, 3.63) is 41.7 Å². The third-order valence-corrected chi connectivity index (χ3v) is 3.11. The number of aromatic nitrogens is 3. The van der Waals surface area contributed by atoms with E-state index in [2.05, 4.69) is 15.2 Å². The molecule has 2 heterocycles. The zero-order chi connectivity index (χ0) is 15.2. The van der Waals surface area contributed by atoms with Crippen LogP contribution in [0.1, 0.15) is 16.1 Å². The van der Waals surface area contributed by atoms with Crippen LogP contribution < -0.4 is 0 Å². The number of H-pyrrole nitrogens is 2. The van der Waals surface area contributed by atoms with Crippen molar-refractivity contribution in [3.63, 3.8) is 0 Å². The van der Waals surface area contributed by atoms with Crippen molar-refractivity contribution in [2.75, 3.05) is 0 Å². The molecule has 0 aliphatic rings. The van der Waals surface area contributed by atoms with Crippen molar-refractivity contribution in [2.24, 2.45) is 0 Å². The Morgan fingerprint density at radius 1 is 1.29 bits per heavy atom. The summed E-state index contributed by atoms with van der Waals surface area (Å²) in [6.07, 6.45) is -3.10. The van der Waals surface area contributed by atoms with E-state index in [4.69, 9.17) is 5.11 Å². The molecule has 0 saturated carbocycles. The van der Waals surface area contributed by atoms with Gasteiger partial charge in [-0.2, -0.15) is 18.3 Å². The zero-order valence-electron chi connectivity index (χ0n) is 10.3. The van der Waals surface area contributed by atoms with Gasteiger partial charge in [0.15, 0.2) is 0 Å². The summed E-state index contributed by atoms with van der Waals surface area (Å²) in [6, 6.07) is 5.07. The van der Waals surface area contributed by atoms with Gasteiger partial charge < -0.3 is 10.1 Å². The van der Waals surface area contributed by atoms with Gasteiger partial charge in [0.2, 0.25) is 0 Å². The molecular formula is C13H8F3N3O2. The Hall–Kier alpha value is -2.77. The number of fused-ring (bicyclic) bond motifs is 1. The van der Waals surface area contributed by atoms with Crippen LogP contribution in [0.25, 0.3) is 22.2 Å². The number of carboxylic acids is 1. The fraction of sp³-hybridized carbons (Fsp3) is 0.0769. The monoisotopic (exact) mass is 295 g/mol. The van der Waals surface area contributed by atoms with Crippen molar-refractivity contribution in [2.45, 2.75) is 6.18 Å². The Kier molecular flexibility index (Phi) is 2.75. The maximum Gasteiger partial charge on any atom is 0.418 e. The highest BCUT2D eigenvalue weighted by Crippen LogP contribution is 2.37. The van der Waals surface area contributed by atoms with Gasteiger partial charge in [-0.25, -0.2) is 4.79 Å². The second-order valence-corrected chi connectivity index (χ2v) is 4.40. The Bertz CT molecular complexity index is 833. The van der Waals surface area contributed by atoms with Crippen LogP contribution in [-0.2, 0) is 6.18 Å². The minimum Gasteiger partial charge on any atom is -0.477 e. The van der Waals surface area contributed by atoms with Crippen molar-refractivity contribution in [1.82, 2.24) is 15.2 Å². The van der Waals surface area contributed by atoms with Gasteiger partial charge in [-0.3, -0.25) is 5.10 Å². The maximum atomic E-state index is 12.9. The summed E-state index contributed by atoms with van der Waals surface area (Å²) in [4.78, 5) is 13.4. The number of nitrogens with one attached hydrogen (secondary N) is 2. The van der Waals surface area contributed by atoms with Crippen LogP contribution in [0.2, 0.25) is 0 Å². The summed E-state index contributed by atoms with van der Waals surface area (Å²) in [6.45, 7) is 0. The van der Waals surface area contributed by atoms with Crippen LogP contribution in [-0.4, -0.2) is 26.3 Å². The molecule has 2 aromatic heterocycles. The second-order valence-electron chi connectivity index (χ2n) is 4.40. The maximum absolute atomic E-state index is 12.9. The van der Waals surface area contributed by atoms with Crippen molar-refractivity contribution >= 4 is 16.9 Å². The average Bonchev–Trinajstić information content (AvgIpc) is 3.03. The molecule has 108 valence electrons. The van der Waals surface area contributed by atoms with Gasteiger partial charge in [0.05, 0.1) is 16.8 Å². The summed E-state index contributed by atoms with van der Waals surface area (Å²) in [5, 5.41) is 15.3. The Morgan fingerprint density at radius 2 is 2.05 bits per heavy atom. The van der Waals surface area contributed by atoms with Gasteiger partial charge in [-0.05, 0) is 12.1 Å². The number of carbonyl (C=O) groups is 1. The molecule has 0 atom stereocenters. The highest BCUT2D eigenvalue weighted by atomic mass is 19.4. The second kappa shape index (κ2) is 4.37. The number of carboxylic acid groups (broad SMARTS) is 1. The van der Waals surface area contributed by atoms with E-state index in [9.17, 15) is 18.0 Å². The lowest BCUT2D eigenvalue weighted by Gasteiger charge is -2.07.